The summed E-state index contributed by atoms with van der Waals surface area (Å²) in [6, 6.07) is 84.2. The monoisotopic (exact) mass is 794 g/mol. The highest BCUT2D eigenvalue weighted by molar-refractivity contribution is 7.26. The molecule has 2 heterocycles. The van der Waals surface area contributed by atoms with E-state index in [1.54, 1.807) is 0 Å². The van der Waals surface area contributed by atoms with Crippen molar-refractivity contribution in [3.63, 3.8) is 0 Å². The zero-order valence-corrected chi connectivity index (χ0v) is 34.1. The third kappa shape index (κ3) is 5.85. The van der Waals surface area contributed by atoms with E-state index in [-0.39, 0.29) is 0 Å². The van der Waals surface area contributed by atoms with E-state index < -0.39 is 0 Å². The largest absolute Gasteiger partial charge is 0.309 e. The van der Waals surface area contributed by atoms with Crippen molar-refractivity contribution in [2.45, 2.75) is 0 Å². The fourth-order valence-corrected chi connectivity index (χ4v) is 10.7. The first-order valence-corrected chi connectivity index (χ1v) is 21.7. The first-order chi connectivity index (χ1) is 30.3. The number of aromatic nitrogens is 1. The van der Waals surface area contributed by atoms with Crippen molar-refractivity contribution in [3.8, 4) is 39.1 Å². The van der Waals surface area contributed by atoms with Crippen molar-refractivity contribution < 1.29 is 0 Å². The van der Waals surface area contributed by atoms with Gasteiger partial charge in [0.05, 0.1) is 27.1 Å². The second-order valence-corrected chi connectivity index (χ2v) is 16.7. The van der Waals surface area contributed by atoms with Gasteiger partial charge in [0, 0.05) is 43.2 Å². The fraction of sp³-hybridized carbons (Fsp3) is 0. The van der Waals surface area contributed by atoms with Crippen molar-refractivity contribution in [3.05, 3.63) is 231 Å². The summed E-state index contributed by atoms with van der Waals surface area (Å²) < 4.78 is 4.94. The number of para-hydroxylation sites is 3. The molecule has 0 spiro atoms. The van der Waals surface area contributed by atoms with Crippen molar-refractivity contribution in [1.29, 1.82) is 0 Å². The standard InChI is InChI=1S/C58H38N2S/c1-3-16-40(17-4-1)45-25-13-18-41-19-14-26-49(57(41)45)46-22-7-10-28-52(46)60(55-30-15-27-50-48-24-9-12-31-56(48)61-58(50)55)44-35-32-39(33-36-44)42-34-37-54-51(38-42)47-23-8-11-29-53(47)59(54)43-20-5-2-6-21-43/h1-38H. The van der Waals surface area contributed by atoms with E-state index in [1.165, 1.54) is 91.8 Å². The molecule has 2 aromatic heterocycles. The van der Waals surface area contributed by atoms with Gasteiger partial charge in [0.2, 0.25) is 0 Å². The van der Waals surface area contributed by atoms with Crippen molar-refractivity contribution in [1.82, 2.24) is 4.57 Å². The average Bonchev–Trinajstić information content (AvgIpc) is 3.88. The van der Waals surface area contributed by atoms with Gasteiger partial charge >= 0.3 is 0 Å². The van der Waals surface area contributed by atoms with E-state index in [1.807, 2.05) is 11.3 Å². The van der Waals surface area contributed by atoms with Crippen LogP contribution < -0.4 is 4.90 Å². The molecule has 3 heteroatoms. The average molecular weight is 795 g/mol. The smallest absolute Gasteiger partial charge is 0.0640 e. The second-order valence-electron chi connectivity index (χ2n) is 15.6. The van der Waals surface area contributed by atoms with Crippen molar-refractivity contribution in [2.24, 2.45) is 0 Å². The first kappa shape index (κ1) is 35.2. The Morgan fingerprint density at radius 3 is 1.80 bits per heavy atom. The van der Waals surface area contributed by atoms with Gasteiger partial charge in [0.25, 0.3) is 0 Å². The minimum atomic E-state index is 1.10. The Labute approximate surface area is 358 Å². The van der Waals surface area contributed by atoms with Crippen LogP contribution in [0.4, 0.5) is 17.1 Å². The molecule has 0 bridgehead atoms. The number of rotatable bonds is 7. The summed E-state index contributed by atoms with van der Waals surface area (Å²) in [6.07, 6.45) is 0. The first-order valence-electron chi connectivity index (χ1n) is 20.8. The lowest BCUT2D eigenvalue weighted by atomic mass is 9.90. The van der Waals surface area contributed by atoms with E-state index in [0.717, 1.165) is 17.1 Å². The number of hydrogen-bond acceptors (Lipinski definition) is 2. The molecule has 0 unspecified atom stereocenters. The SMILES string of the molecule is c1ccc(-c2cccc3cccc(-c4ccccc4N(c4ccc(-c5ccc6c(c5)c5ccccc5n6-c5ccccc5)cc4)c4cccc5c4sc4ccccc45)c23)cc1. The Kier molecular flexibility index (Phi) is 8.39. The third-order valence-corrected chi connectivity index (χ3v) is 13.4. The van der Waals surface area contributed by atoms with Crippen LogP contribution >= 0.6 is 11.3 Å². The van der Waals surface area contributed by atoms with E-state index >= 15 is 0 Å². The Morgan fingerprint density at radius 1 is 0.361 bits per heavy atom. The van der Waals surface area contributed by atoms with Crippen LogP contribution in [0.3, 0.4) is 0 Å². The van der Waals surface area contributed by atoms with Crippen LogP contribution in [0.15, 0.2) is 231 Å². The molecule has 0 atom stereocenters. The number of nitrogens with zero attached hydrogens (tertiary/aromatic N) is 2. The van der Waals surface area contributed by atoms with Crippen molar-refractivity contribution in [2.75, 3.05) is 4.90 Å². The molecule has 12 aromatic rings. The highest BCUT2D eigenvalue weighted by atomic mass is 32.1. The number of hydrogen-bond donors (Lipinski definition) is 0. The summed E-state index contributed by atoms with van der Waals surface area (Å²) in [7, 11) is 0. The Hall–Kier alpha value is -7.72. The van der Waals surface area contributed by atoms with Gasteiger partial charge in [0.1, 0.15) is 0 Å². The summed E-state index contributed by atoms with van der Waals surface area (Å²) in [5.41, 5.74) is 14.2. The Balaban J connectivity index is 1.05. The highest BCUT2D eigenvalue weighted by Crippen LogP contribution is 2.49. The molecule has 0 aliphatic carbocycles. The maximum atomic E-state index is 2.48. The summed E-state index contributed by atoms with van der Waals surface area (Å²) in [6.45, 7) is 0. The third-order valence-electron chi connectivity index (χ3n) is 12.2. The van der Waals surface area contributed by atoms with Gasteiger partial charge < -0.3 is 9.47 Å². The van der Waals surface area contributed by atoms with Crippen LogP contribution in [-0.4, -0.2) is 4.57 Å². The maximum Gasteiger partial charge on any atom is 0.0640 e. The molecule has 0 aliphatic heterocycles. The molecule has 10 aromatic carbocycles. The molecule has 61 heavy (non-hydrogen) atoms. The van der Waals surface area contributed by atoms with Crippen LogP contribution in [0.5, 0.6) is 0 Å². The quantitative estimate of drug-likeness (QED) is 0.156. The molecule has 0 fully saturated rings. The van der Waals surface area contributed by atoms with Gasteiger partial charge in [-0.1, -0.05) is 170 Å². The number of benzene rings is 10. The van der Waals surface area contributed by atoms with E-state index in [9.17, 15) is 0 Å². The molecular weight excluding hydrogens is 757 g/mol. The minimum absolute atomic E-state index is 1.10. The highest BCUT2D eigenvalue weighted by Gasteiger charge is 2.23. The topological polar surface area (TPSA) is 8.17 Å². The number of fused-ring (bicyclic) bond motifs is 7. The summed E-state index contributed by atoms with van der Waals surface area (Å²) in [4.78, 5) is 2.48. The van der Waals surface area contributed by atoms with Gasteiger partial charge in [-0.2, -0.15) is 0 Å². The lowest BCUT2D eigenvalue weighted by Gasteiger charge is -2.29. The lowest BCUT2D eigenvalue weighted by Crippen LogP contribution is -2.11. The molecule has 12 rings (SSSR count). The second kappa shape index (κ2) is 14.5. The normalized spacial score (nSPS) is 11.6. The summed E-state index contributed by atoms with van der Waals surface area (Å²) in [5, 5.41) is 7.54. The van der Waals surface area contributed by atoms with Gasteiger partial charge in [0.15, 0.2) is 0 Å². The maximum absolute atomic E-state index is 2.48. The zero-order chi connectivity index (χ0) is 40.3. The molecule has 0 saturated carbocycles. The molecule has 2 nitrogen and oxygen atoms in total. The van der Waals surface area contributed by atoms with Crippen LogP contribution in [0, 0.1) is 0 Å². The predicted molar refractivity (Wildman–Crippen MR) is 262 cm³/mol. The predicted octanol–water partition coefficient (Wildman–Crippen LogP) is 16.8. The van der Waals surface area contributed by atoms with Crippen LogP contribution in [0.25, 0.3) is 91.8 Å². The Morgan fingerprint density at radius 2 is 0.967 bits per heavy atom. The van der Waals surface area contributed by atoms with Crippen LogP contribution in [-0.2, 0) is 0 Å². The molecule has 0 saturated heterocycles. The van der Waals surface area contributed by atoms with Crippen LogP contribution in [0.1, 0.15) is 0 Å². The zero-order valence-electron chi connectivity index (χ0n) is 33.2. The molecular formula is C58H38N2S. The number of thiophene rings is 1. The summed E-state index contributed by atoms with van der Waals surface area (Å²) >= 11 is 1.87. The van der Waals surface area contributed by atoms with Gasteiger partial charge in [-0.3, -0.25) is 0 Å². The molecule has 0 aliphatic rings. The van der Waals surface area contributed by atoms with Gasteiger partial charge in [-0.25, -0.2) is 0 Å². The summed E-state index contributed by atoms with van der Waals surface area (Å²) in [5.74, 6) is 0. The van der Waals surface area contributed by atoms with Gasteiger partial charge in [-0.05, 0) is 99.3 Å². The Bertz CT molecular complexity index is 3580. The van der Waals surface area contributed by atoms with E-state index in [0.29, 0.717) is 0 Å². The molecule has 0 N–H and O–H groups in total. The van der Waals surface area contributed by atoms with E-state index in [4.69, 9.17) is 0 Å². The molecule has 286 valence electrons. The van der Waals surface area contributed by atoms with Crippen LogP contribution in [0.2, 0.25) is 0 Å². The number of anilines is 3. The lowest BCUT2D eigenvalue weighted by molar-refractivity contribution is 1.18. The minimum Gasteiger partial charge on any atom is -0.309 e. The molecule has 0 radical (unpaired) electrons. The van der Waals surface area contributed by atoms with Crippen molar-refractivity contribution >= 4 is 81.1 Å². The van der Waals surface area contributed by atoms with Gasteiger partial charge in [-0.15, -0.1) is 11.3 Å². The van der Waals surface area contributed by atoms with E-state index in [2.05, 4.69) is 240 Å². The molecule has 0 amide bonds. The fourth-order valence-electron chi connectivity index (χ4n) is 9.45.